The van der Waals surface area contributed by atoms with Gasteiger partial charge in [0, 0.05) is 19.2 Å². The lowest BCUT2D eigenvalue weighted by Gasteiger charge is -2.28. The minimum Gasteiger partial charge on any atom is -0.350 e. The summed E-state index contributed by atoms with van der Waals surface area (Å²) in [6.45, 7) is 0.558. The molecule has 0 unspecified atom stereocenters. The van der Waals surface area contributed by atoms with Gasteiger partial charge < -0.3 is 5.32 Å². The summed E-state index contributed by atoms with van der Waals surface area (Å²) >= 11 is 6.27. The highest BCUT2D eigenvalue weighted by molar-refractivity contribution is 7.89. The average molecular weight is 327 g/mol. The topological polar surface area (TPSA) is 66.5 Å². The minimum atomic E-state index is -3.74. The van der Waals surface area contributed by atoms with Crippen LogP contribution in [0.4, 0.5) is 0 Å². The normalized spacial score (nSPS) is 20.2. The molecule has 1 aliphatic carbocycles. The number of carbonyl (C=O) groups is 1. The van der Waals surface area contributed by atoms with Gasteiger partial charge in [0.1, 0.15) is 5.70 Å². The molecule has 0 atom stereocenters. The Labute approximate surface area is 128 Å². The predicted octanol–water partition coefficient (Wildman–Crippen LogP) is 1.75. The first-order chi connectivity index (χ1) is 9.93. The molecule has 7 heteroatoms. The molecule has 1 aliphatic heterocycles. The summed E-state index contributed by atoms with van der Waals surface area (Å²) in [6, 6.07) is 6.42. The second-order valence-corrected chi connectivity index (χ2v) is 7.60. The van der Waals surface area contributed by atoms with Crippen LogP contribution in [0.5, 0.6) is 0 Å². The van der Waals surface area contributed by atoms with Gasteiger partial charge in [-0.25, -0.2) is 8.42 Å². The molecule has 1 saturated carbocycles. The van der Waals surface area contributed by atoms with Crippen LogP contribution in [0.15, 0.2) is 34.9 Å². The summed E-state index contributed by atoms with van der Waals surface area (Å²) in [5, 5.41) is 2.92. The monoisotopic (exact) mass is 326 g/mol. The maximum Gasteiger partial charge on any atom is 0.270 e. The zero-order valence-electron chi connectivity index (χ0n) is 11.5. The van der Waals surface area contributed by atoms with E-state index < -0.39 is 15.9 Å². The molecule has 0 radical (unpaired) electrons. The first-order valence-corrected chi connectivity index (χ1v) is 8.51. The minimum absolute atomic E-state index is 0.0176. The van der Waals surface area contributed by atoms with Gasteiger partial charge in [0.05, 0.1) is 9.93 Å². The van der Waals surface area contributed by atoms with Crippen molar-refractivity contribution in [2.24, 2.45) is 5.92 Å². The van der Waals surface area contributed by atoms with E-state index in [4.69, 9.17) is 11.6 Å². The molecule has 1 aromatic rings. The Morgan fingerprint density at radius 2 is 2.05 bits per heavy atom. The van der Waals surface area contributed by atoms with E-state index in [1.165, 1.54) is 13.1 Å². The van der Waals surface area contributed by atoms with Gasteiger partial charge in [0.2, 0.25) is 0 Å². The summed E-state index contributed by atoms with van der Waals surface area (Å²) in [4.78, 5) is 12.4. The van der Waals surface area contributed by atoms with E-state index in [-0.39, 0.29) is 15.6 Å². The Hall–Kier alpha value is -1.53. The number of benzene rings is 1. The van der Waals surface area contributed by atoms with Gasteiger partial charge in [-0.05, 0) is 24.8 Å². The van der Waals surface area contributed by atoms with Gasteiger partial charge in [0.15, 0.2) is 0 Å². The molecule has 0 saturated heterocycles. The second-order valence-electron chi connectivity index (χ2n) is 5.28. The van der Waals surface area contributed by atoms with Crippen molar-refractivity contribution < 1.29 is 13.2 Å². The summed E-state index contributed by atoms with van der Waals surface area (Å²) in [5.74, 6) is 0.0543. The van der Waals surface area contributed by atoms with Crippen LogP contribution < -0.4 is 5.32 Å². The number of sulfonamides is 1. The van der Waals surface area contributed by atoms with Crippen LogP contribution in [0.1, 0.15) is 18.4 Å². The first-order valence-electron chi connectivity index (χ1n) is 6.69. The van der Waals surface area contributed by atoms with Gasteiger partial charge in [-0.3, -0.25) is 9.10 Å². The zero-order valence-corrected chi connectivity index (χ0v) is 13.0. The van der Waals surface area contributed by atoms with Crippen molar-refractivity contribution in [2.45, 2.75) is 17.7 Å². The molecule has 0 bridgehead atoms. The maximum absolute atomic E-state index is 12.5. The Kier molecular flexibility index (Phi) is 3.45. The van der Waals surface area contributed by atoms with Crippen LogP contribution in [0.2, 0.25) is 0 Å². The molecule has 1 aromatic carbocycles. The van der Waals surface area contributed by atoms with Crippen molar-refractivity contribution in [3.63, 3.8) is 0 Å². The molecule has 0 spiro atoms. The van der Waals surface area contributed by atoms with E-state index in [0.29, 0.717) is 18.0 Å². The Morgan fingerprint density at radius 3 is 2.71 bits per heavy atom. The van der Waals surface area contributed by atoms with E-state index >= 15 is 0 Å². The van der Waals surface area contributed by atoms with Gasteiger partial charge in [-0.2, -0.15) is 0 Å². The molecule has 21 heavy (non-hydrogen) atoms. The van der Waals surface area contributed by atoms with E-state index in [2.05, 4.69) is 5.32 Å². The Bertz CT molecular complexity index is 738. The van der Waals surface area contributed by atoms with Gasteiger partial charge in [-0.1, -0.05) is 29.8 Å². The summed E-state index contributed by atoms with van der Waals surface area (Å²) < 4.78 is 25.9. The maximum atomic E-state index is 12.5. The van der Waals surface area contributed by atoms with Crippen molar-refractivity contribution in [1.82, 2.24) is 9.62 Å². The Morgan fingerprint density at radius 1 is 1.38 bits per heavy atom. The number of fused-ring (bicyclic) bond motifs is 1. The van der Waals surface area contributed by atoms with Crippen molar-refractivity contribution in [3.8, 4) is 0 Å². The lowest BCUT2D eigenvalue weighted by atomic mass is 10.1. The van der Waals surface area contributed by atoms with Gasteiger partial charge >= 0.3 is 0 Å². The van der Waals surface area contributed by atoms with E-state index in [9.17, 15) is 13.2 Å². The average Bonchev–Trinajstić information content (AvgIpc) is 3.28. The molecule has 1 N–H and O–H groups in total. The molecule has 1 amide bonds. The summed E-state index contributed by atoms with van der Waals surface area (Å²) in [7, 11) is -2.39. The molecule has 1 heterocycles. The molecule has 1 fully saturated rings. The number of hydrogen-bond acceptors (Lipinski definition) is 3. The number of likely N-dealkylation sites (N-methyl/N-ethyl adjacent to an activating group) is 1. The number of halogens is 1. The van der Waals surface area contributed by atoms with Crippen molar-refractivity contribution in [3.05, 3.63) is 35.5 Å². The third kappa shape index (κ3) is 2.42. The van der Waals surface area contributed by atoms with Crippen LogP contribution in [0.25, 0.3) is 5.03 Å². The number of rotatable bonds is 3. The van der Waals surface area contributed by atoms with Crippen molar-refractivity contribution in [1.29, 1.82) is 0 Å². The predicted molar refractivity (Wildman–Crippen MR) is 79.9 cm³/mol. The molecule has 3 rings (SSSR count). The Balaban J connectivity index is 2.03. The highest BCUT2D eigenvalue weighted by Crippen LogP contribution is 2.38. The number of nitrogens with one attached hydrogen (secondary N) is 1. The van der Waals surface area contributed by atoms with Crippen LogP contribution in [0, 0.1) is 5.92 Å². The molecular formula is C14H15ClN2O3S. The molecule has 5 nitrogen and oxygen atoms in total. The van der Waals surface area contributed by atoms with Crippen LogP contribution in [0.3, 0.4) is 0 Å². The smallest absolute Gasteiger partial charge is 0.270 e. The number of nitrogens with zero attached hydrogens (tertiary/aromatic N) is 1. The highest BCUT2D eigenvalue weighted by atomic mass is 35.5. The zero-order chi connectivity index (χ0) is 15.2. The third-order valence-electron chi connectivity index (χ3n) is 3.75. The fourth-order valence-electron chi connectivity index (χ4n) is 2.29. The fraction of sp³-hybridized carbons (Fsp3) is 0.357. The third-order valence-corrected chi connectivity index (χ3v) is 5.95. The number of amides is 1. The van der Waals surface area contributed by atoms with Crippen molar-refractivity contribution in [2.75, 3.05) is 13.6 Å². The van der Waals surface area contributed by atoms with Crippen LogP contribution >= 0.6 is 11.6 Å². The van der Waals surface area contributed by atoms with Gasteiger partial charge in [-0.15, -0.1) is 0 Å². The molecule has 112 valence electrons. The largest absolute Gasteiger partial charge is 0.350 e. The first kappa shape index (κ1) is 14.4. The van der Waals surface area contributed by atoms with E-state index in [1.807, 2.05) is 0 Å². The molecule has 0 aromatic heterocycles. The van der Waals surface area contributed by atoms with E-state index in [1.54, 1.807) is 18.2 Å². The summed E-state index contributed by atoms with van der Waals surface area (Å²) in [5.41, 5.74) is 0.352. The van der Waals surface area contributed by atoms with Crippen LogP contribution in [-0.4, -0.2) is 32.2 Å². The lowest BCUT2D eigenvalue weighted by Crippen LogP contribution is -2.39. The second kappa shape index (κ2) is 5.03. The summed E-state index contributed by atoms with van der Waals surface area (Å²) in [6.07, 6.45) is 2.20. The van der Waals surface area contributed by atoms with Crippen molar-refractivity contribution >= 4 is 32.6 Å². The quantitative estimate of drug-likeness (QED) is 0.920. The fourth-order valence-corrected chi connectivity index (χ4v) is 4.18. The standard InChI is InChI=1S/C14H15ClN2O3S/c1-17-13(14(18)16-8-9-6-7-9)12(15)10-4-2-3-5-11(10)21(17,19)20/h2-5,9H,6-8H2,1H3,(H,16,18). The lowest BCUT2D eigenvalue weighted by molar-refractivity contribution is -0.118. The van der Waals surface area contributed by atoms with E-state index in [0.717, 1.165) is 17.1 Å². The SMILES string of the molecule is CN1C(C(=O)NCC2CC2)=C(Cl)c2ccccc2S1(=O)=O. The number of carbonyl (C=O) groups excluding carboxylic acids is 1. The molecular weight excluding hydrogens is 312 g/mol. The molecule has 2 aliphatic rings. The number of hydrogen-bond donors (Lipinski definition) is 1. The highest BCUT2D eigenvalue weighted by Gasteiger charge is 2.37. The van der Waals surface area contributed by atoms with Gasteiger partial charge in [0.25, 0.3) is 15.9 Å². The van der Waals surface area contributed by atoms with Crippen LogP contribution in [-0.2, 0) is 14.8 Å².